The summed E-state index contributed by atoms with van der Waals surface area (Å²) in [5.41, 5.74) is 1.88. The number of aryl methyl sites for hydroxylation is 2. The summed E-state index contributed by atoms with van der Waals surface area (Å²) in [5.74, 6) is 0.578. The Morgan fingerprint density at radius 2 is 2.05 bits per heavy atom. The number of rotatable bonds is 3. The van der Waals surface area contributed by atoms with Gasteiger partial charge in [-0.2, -0.15) is 0 Å². The first-order valence-corrected chi connectivity index (χ1v) is 7.88. The van der Waals surface area contributed by atoms with Gasteiger partial charge in [0.05, 0.1) is 17.6 Å². The number of methoxy groups -OCH3 is 1. The van der Waals surface area contributed by atoms with Crippen LogP contribution in [0.1, 0.15) is 38.5 Å². The fraction of sp³-hybridized carbons (Fsp3) is 0.312. The molecular formula is C16H15ClO2S. The number of hydrogen-bond donors (Lipinski definition) is 0. The van der Waals surface area contributed by atoms with E-state index in [1.807, 2.05) is 6.07 Å². The molecule has 0 saturated heterocycles. The van der Waals surface area contributed by atoms with E-state index in [2.05, 4.69) is 0 Å². The van der Waals surface area contributed by atoms with Gasteiger partial charge in [-0.25, -0.2) is 0 Å². The molecule has 0 N–H and O–H groups in total. The van der Waals surface area contributed by atoms with Crippen molar-refractivity contribution < 1.29 is 9.53 Å². The van der Waals surface area contributed by atoms with E-state index >= 15 is 0 Å². The molecule has 1 aromatic carbocycles. The number of carbonyl (C=O) groups is 1. The maximum atomic E-state index is 12.7. The summed E-state index contributed by atoms with van der Waals surface area (Å²) in [6, 6.07) is 7.20. The van der Waals surface area contributed by atoms with E-state index in [-0.39, 0.29) is 5.78 Å². The van der Waals surface area contributed by atoms with Crippen LogP contribution < -0.4 is 4.74 Å². The Morgan fingerprint density at radius 1 is 1.25 bits per heavy atom. The Morgan fingerprint density at radius 3 is 2.80 bits per heavy atom. The second-order valence-electron chi connectivity index (χ2n) is 4.94. The largest absolute Gasteiger partial charge is 0.496 e. The molecule has 1 aliphatic carbocycles. The molecule has 1 aromatic heterocycles. The van der Waals surface area contributed by atoms with Crippen LogP contribution in [0.3, 0.4) is 0 Å². The summed E-state index contributed by atoms with van der Waals surface area (Å²) < 4.78 is 5.27. The SMILES string of the molecule is COc1ccc(Cl)cc1C(=O)c1cc2c(s1)CCCC2. The zero-order valence-corrected chi connectivity index (χ0v) is 12.8. The summed E-state index contributed by atoms with van der Waals surface area (Å²) in [6.07, 6.45) is 4.63. The second kappa shape index (κ2) is 5.58. The third-order valence-corrected chi connectivity index (χ3v) is 5.10. The molecule has 0 spiro atoms. The van der Waals surface area contributed by atoms with Crippen LogP contribution in [-0.4, -0.2) is 12.9 Å². The smallest absolute Gasteiger partial charge is 0.206 e. The van der Waals surface area contributed by atoms with Gasteiger partial charge < -0.3 is 4.74 Å². The van der Waals surface area contributed by atoms with Gasteiger partial charge in [-0.3, -0.25) is 4.79 Å². The van der Waals surface area contributed by atoms with Gasteiger partial charge in [-0.1, -0.05) is 11.6 Å². The van der Waals surface area contributed by atoms with Gasteiger partial charge in [0.1, 0.15) is 5.75 Å². The molecule has 0 atom stereocenters. The van der Waals surface area contributed by atoms with Crippen LogP contribution in [-0.2, 0) is 12.8 Å². The van der Waals surface area contributed by atoms with Gasteiger partial charge in [0.15, 0.2) is 0 Å². The summed E-state index contributed by atoms with van der Waals surface area (Å²) in [4.78, 5) is 14.8. The average molecular weight is 307 g/mol. The number of halogens is 1. The first-order valence-electron chi connectivity index (χ1n) is 6.69. The molecule has 1 heterocycles. The summed E-state index contributed by atoms with van der Waals surface area (Å²) in [5, 5.41) is 0.551. The highest BCUT2D eigenvalue weighted by Gasteiger charge is 2.20. The van der Waals surface area contributed by atoms with Crippen LogP contribution in [0.2, 0.25) is 5.02 Å². The van der Waals surface area contributed by atoms with Gasteiger partial charge in [-0.05, 0) is 55.5 Å². The third kappa shape index (κ3) is 2.48. The Hall–Kier alpha value is -1.32. The molecule has 3 rings (SSSR count). The maximum absolute atomic E-state index is 12.7. The van der Waals surface area contributed by atoms with E-state index in [1.54, 1.807) is 36.6 Å². The van der Waals surface area contributed by atoms with E-state index in [1.165, 1.54) is 23.3 Å². The number of thiophene rings is 1. The van der Waals surface area contributed by atoms with E-state index in [0.717, 1.165) is 17.7 Å². The van der Waals surface area contributed by atoms with E-state index in [4.69, 9.17) is 16.3 Å². The number of benzene rings is 1. The monoisotopic (exact) mass is 306 g/mol. The Balaban J connectivity index is 2.00. The number of fused-ring (bicyclic) bond motifs is 1. The lowest BCUT2D eigenvalue weighted by Gasteiger charge is -2.08. The number of ketones is 1. The Kier molecular flexibility index (Phi) is 3.81. The number of hydrogen-bond acceptors (Lipinski definition) is 3. The van der Waals surface area contributed by atoms with Crippen molar-refractivity contribution in [1.82, 2.24) is 0 Å². The maximum Gasteiger partial charge on any atom is 0.206 e. The topological polar surface area (TPSA) is 26.3 Å². The second-order valence-corrected chi connectivity index (χ2v) is 6.51. The fourth-order valence-electron chi connectivity index (χ4n) is 2.59. The molecule has 0 radical (unpaired) electrons. The third-order valence-electron chi connectivity index (χ3n) is 3.63. The minimum Gasteiger partial charge on any atom is -0.496 e. The molecule has 4 heteroatoms. The van der Waals surface area contributed by atoms with Crippen LogP contribution in [0.25, 0.3) is 0 Å². The van der Waals surface area contributed by atoms with Crippen molar-refractivity contribution in [2.45, 2.75) is 25.7 Å². The fourth-order valence-corrected chi connectivity index (χ4v) is 3.97. The molecule has 0 unspecified atom stereocenters. The molecule has 2 nitrogen and oxygen atoms in total. The van der Waals surface area contributed by atoms with Crippen molar-refractivity contribution in [1.29, 1.82) is 0 Å². The molecule has 0 aliphatic heterocycles. The lowest BCUT2D eigenvalue weighted by Crippen LogP contribution is -2.02. The van der Waals surface area contributed by atoms with E-state index in [0.29, 0.717) is 16.3 Å². The highest BCUT2D eigenvalue weighted by molar-refractivity contribution is 7.14. The molecule has 1 aliphatic rings. The highest BCUT2D eigenvalue weighted by Crippen LogP contribution is 2.33. The van der Waals surface area contributed by atoms with Gasteiger partial charge >= 0.3 is 0 Å². The van der Waals surface area contributed by atoms with Crippen molar-refractivity contribution in [3.63, 3.8) is 0 Å². The van der Waals surface area contributed by atoms with Crippen LogP contribution in [0.4, 0.5) is 0 Å². The quantitative estimate of drug-likeness (QED) is 0.779. The van der Waals surface area contributed by atoms with Crippen LogP contribution in [0.5, 0.6) is 5.75 Å². The number of carbonyl (C=O) groups excluding carboxylic acids is 1. The highest BCUT2D eigenvalue weighted by atomic mass is 35.5. The van der Waals surface area contributed by atoms with Crippen molar-refractivity contribution in [3.05, 3.63) is 50.2 Å². The molecule has 20 heavy (non-hydrogen) atoms. The molecule has 0 bridgehead atoms. The first kappa shape index (κ1) is 13.7. The van der Waals surface area contributed by atoms with Crippen molar-refractivity contribution in [3.8, 4) is 5.75 Å². The minimum atomic E-state index is 0.00347. The predicted octanol–water partition coefficient (Wildman–Crippen LogP) is 4.52. The van der Waals surface area contributed by atoms with Crippen LogP contribution in [0.15, 0.2) is 24.3 Å². The van der Waals surface area contributed by atoms with E-state index in [9.17, 15) is 4.79 Å². The van der Waals surface area contributed by atoms with Gasteiger partial charge in [-0.15, -0.1) is 11.3 Å². The van der Waals surface area contributed by atoms with Crippen molar-refractivity contribution >= 4 is 28.7 Å². The standard InChI is InChI=1S/C16H15ClO2S/c1-19-13-7-6-11(17)9-12(13)16(18)15-8-10-4-2-3-5-14(10)20-15/h6-9H,2-5H2,1H3. The summed E-state index contributed by atoms with van der Waals surface area (Å²) in [7, 11) is 1.57. The average Bonchev–Trinajstić information content (AvgIpc) is 2.90. The first-order chi connectivity index (χ1) is 9.69. The predicted molar refractivity (Wildman–Crippen MR) is 82.4 cm³/mol. The van der Waals surface area contributed by atoms with Crippen LogP contribution >= 0.6 is 22.9 Å². The van der Waals surface area contributed by atoms with E-state index < -0.39 is 0 Å². The molecular weight excluding hydrogens is 292 g/mol. The lowest BCUT2D eigenvalue weighted by atomic mass is 9.98. The number of ether oxygens (including phenoxy) is 1. The summed E-state index contributed by atoms with van der Waals surface area (Å²) >= 11 is 7.62. The molecule has 0 fully saturated rings. The van der Waals surface area contributed by atoms with Gasteiger partial charge in [0, 0.05) is 9.90 Å². The van der Waals surface area contributed by atoms with Gasteiger partial charge in [0.25, 0.3) is 0 Å². The Bertz CT molecular complexity index is 637. The molecule has 0 saturated carbocycles. The van der Waals surface area contributed by atoms with Crippen LogP contribution in [0, 0.1) is 0 Å². The lowest BCUT2D eigenvalue weighted by molar-refractivity contribution is 0.103. The van der Waals surface area contributed by atoms with Crippen molar-refractivity contribution in [2.24, 2.45) is 0 Å². The molecule has 0 amide bonds. The summed E-state index contributed by atoms with van der Waals surface area (Å²) in [6.45, 7) is 0. The zero-order valence-electron chi connectivity index (χ0n) is 11.2. The Labute approximate surface area is 127 Å². The minimum absolute atomic E-state index is 0.00347. The molecule has 104 valence electrons. The zero-order chi connectivity index (χ0) is 14.1. The van der Waals surface area contributed by atoms with Crippen molar-refractivity contribution in [2.75, 3.05) is 7.11 Å². The molecule has 2 aromatic rings. The normalized spacial score (nSPS) is 13.9. The van der Waals surface area contributed by atoms with Gasteiger partial charge in [0.2, 0.25) is 5.78 Å².